The Bertz CT molecular complexity index is 1310. The quantitative estimate of drug-likeness (QED) is 0.395. The normalized spacial score (nSPS) is 13.8. The number of anilines is 1. The Morgan fingerprint density at radius 2 is 2.03 bits per heavy atom. The topological polar surface area (TPSA) is 73.0 Å². The molecule has 0 atom stereocenters. The van der Waals surface area contributed by atoms with Gasteiger partial charge in [0.2, 0.25) is 0 Å². The minimum Gasteiger partial charge on any atom is -0.451 e. The summed E-state index contributed by atoms with van der Waals surface area (Å²) in [5, 5.41) is 12.1. The molecule has 0 aliphatic carbocycles. The highest BCUT2D eigenvalue weighted by atomic mass is 79.9. The average molecular weight is 483 g/mol. The number of benzene rings is 2. The highest BCUT2D eigenvalue weighted by Crippen LogP contribution is 2.30. The number of hydrogen-bond acceptors (Lipinski definition) is 4. The van der Waals surface area contributed by atoms with E-state index in [1.807, 2.05) is 19.1 Å². The molecule has 0 saturated carbocycles. The van der Waals surface area contributed by atoms with Gasteiger partial charge in [0.15, 0.2) is 11.6 Å². The first kappa shape index (κ1) is 19.9. The van der Waals surface area contributed by atoms with Gasteiger partial charge in [-0.25, -0.2) is 4.39 Å². The average Bonchev–Trinajstić information content (AvgIpc) is 3.21. The smallest absolute Gasteiger partial charge is 0.291 e. The Balaban J connectivity index is 1.47. The van der Waals surface area contributed by atoms with Crippen LogP contribution in [0.25, 0.3) is 22.4 Å². The molecule has 0 fully saturated rings. The fourth-order valence-electron chi connectivity index (χ4n) is 4.05. The van der Waals surface area contributed by atoms with Crippen LogP contribution in [0.1, 0.15) is 41.2 Å². The zero-order valence-electron chi connectivity index (χ0n) is 16.9. The van der Waals surface area contributed by atoms with Gasteiger partial charge in [0.1, 0.15) is 17.2 Å². The Hall–Kier alpha value is -3.00. The zero-order chi connectivity index (χ0) is 21.5. The molecule has 6 nitrogen and oxygen atoms in total. The third-order valence-electron chi connectivity index (χ3n) is 5.69. The Labute approximate surface area is 186 Å². The van der Waals surface area contributed by atoms with Crippen molar-refractivity contribution < 1.29 is 13.6 Å². The van der Waals surface area contributed by atoms with Crippen LogP contribution in [0.4, 0.5) is 10.1 Å². The summed E-state index contributed by atoms with van der Waals surface area (Å²) < 4.78 is 23.3. The lowest BCUT2D eigenvalue weighted by molar-refractivity contribution is 0.0997. The van der Waals surface area contributed by atoms with E-state index in [0.717, 1.165) is 47.9 Å². The van der Waals surface area contributed by atoms with Crippen LogP contribution >= 0.6 is 15.9 Å². The van der Waals surface area contributed by atoms with E-state index in [0.29, 0.717) is 22.5 Å². The zero-order valence-corrected chi connectivity index (χ0v) is 18.5. The van der Waals surface area contributed by atoms with E-state index in [1.54, 1.807) is 18.2 Å². The number of carbonyl (C=O) groups excluding carboxylic acids is 1. The van der Waals surface area contributed by atoms with E-state index in [9.17, 15) is 9.18 Å². The lowest BCUT2D eigenvalue weighted by Gasteiger charge is -2.10. The Morgan fingerprint density at radius 3 is 2.90 bits per heavy atom. The van der Waals surface area contributed by atoms with Gasteiger partial charge < -0.3 is 14.3 Å². The van der Waals surface area contributed by atoms with Crippen LogP contribution in [-0.4, -0.2) is 20.7 Å². The van der Waals surface area contributed by atoms with Crippen molar-refractivity contribution >= 4 is 38.5 Å². The second kappa shape index (κ2) is 7.92. The maximum atomic E-state index is 14.6. The molecule has 31 heavy (non-hydrogen) atoms. The number of carbonyl (C=O) groups is 1. The number of fused-ring (bicyclic) bond motifs is 2. The first-order chi connectivity index (χ1) is 15.0. The summed E-state index contributed by atoms with van der Waals surface area (Å²) in [5.74, 6) is 0.781. The van der Waals surface area contributed by atoms with Crippen molar-refractivity contribution in [1.82, 2.24) is 14.8 Å². The van der Waals surface area contributed by atoms with Crippen molar-refractivity contribution in [1.29, 1.82) is 0 Å². The number of nitrogens with zero attached hydrogens (tertiary/aromatic N) is 3. The third kappa shape index (κ3) is 3.65. The summed E-state index contributed by atoms with van der Waals surface area (Å²) in [7, 11) is 0. The summed E-state index contributed by atoms with van der Waals surface area (Å²) in [6, 6.07) is 10.1. The predicted molar refractivity (Wildman–Crippen MR) is 120 cm³/mol. The lowest BCUT2D eigenvalue weighted by Crippen LogP contribution is -2.13. The van der Waals surface area contributed by atoms with E-state index >= 15 is 0 Å². The van der Waals surface area contributed by atoms with Crippen molar-refractivity contribution in [2.75, 3.05) is 5.32 Å². The highest BCUT2D eigenvalue weighted by Gasteiger charge is 2.21. The van der Waals surface area contributed by atoms with Gasteiger partial charge in [0.25, 0.3) is 5.91 Å². The molecule has 1 N–H and O–H groups in total. The van der Waals surface area contributed by atoms with Crippen LogP contribution in [0.15, 0.2) is 45.3 Å². The van der Waals surface area contributed by atoms with Crippen LogP contribution in [0.3, 0.4) is 0 Å². The maximum Gasteiger partial charge on any atom is 0.291 e. The van der Waals surface area contributed by atoms with Crippen LogP contribution in [0.2, 0.25) is 0 Å². The summed E-state index contributed by atoms with van der Waals surface area (Å²) >= 11 is 3.43. The molecule has 0 radical (unpaired) electrons. The predicted octanol–water partition coefficient (Wildman–Crippen LogP) is 5.88. The number of furan rings is 1. The molecule has 0 unspecified atom stereocenters. The van der Waals surface area contributed by atoms with Crippen LogP contribution in [-0.2, 0) is 13.0 Å². The molecular weight excluding hydrogens is 463 g/mol. The van der Waals surface area contributed by atoms with Gasteiger partial charge in [-0.3, -0.25) is 4.79 Å². The van der Waals surface area contributed by atoms with E-state index in [-0.39, 0.29) is 11.4 Å². The second-order valence-corrected chi connectivity index (χ2v) is 8.66. The van der Waals surface area contributed by atoms with Gasteiger partial charge in [-0.05, 0) is 56.2 Å². The fraction of sp³-hybridized carbons (Fsp3) is 0.261. The van der Waals surface area contributed by atoms with Crippen molar-refractivity contribution in [2.45, 2.75) is 39.2 Å². The van der Waals surface area contributed by atoms with Crippen molar-refractivity contribution in [3.8, 4) is 11.4 Å². The van der Waals surface area contributed by atoms with Gasteiger partial charge in [-0.2, -0.15) is 0 Å². The van der Waals surface area contributed by atoms with Gasteiger partial charge in [0, 0.05) is 34.0 Å². The van der Waals surface area contributed by atoms with Gasteiger partial charge in [-0.1, -0.05) is 22.4 Å². The number of rotatable bonds is 3. The number of amides is 1. The molecule has 1 aliphatic heterocycles. The molecule has 1 aliphatic rings. The van der Waals surface area contributed by atoms with Crippen molar-refractivity contribution in [3.05, 3.63) is 63.8 Å². The summed E-state index contributed by atoms with van der Waals surface area (Å²) in [6.07, 6.45) is 4.20. The number of aryl methyl sites for hydroxylation is 2. The van der Waals surface area contributed by atoms with Crippen LogP contribution < -0.4 is 5.32 Å². The molecule has 2 aromatic heterocycles. The number of aromatic nitrogens is 3. The standard InChI is InChI=1S/C23H20BrFN4O2/c1-13-16-12-15(24)7-9-19(16)31-21(13)23(30)26-18-11-14(6-8-17(18)25)22-28-27-20-5-3-2-4-10-29(20)22/h6-9,11-12H,2-5,10H2,1H3,(H,26,30). The number of hydrogen-bond donors (Lipinski definition) is 1. The molecule has 1 amide bonds. The SMILES string of the molecule is Cc1c(C(=O)Nc2cc(-c3nnc4n3CCCCC4)ccc2F)oc2ccc(Br)cc12. The number of nitrogens with one attached hydrogen (secondary N) is 1. The lowest BCUT2D eigenvalue weighted by atomic mass is 10.1. The molecule has 0 spiro atoms. The third-order valence-corrected chi connectivity index (χ3v) is 6.18. The molecule has 8 heteroatoms. The first-order valence-electron chi connectivity index (χ1n) is 10.2. The monoisotopic (exact) mass is 482 g/mol. The van der Waals surface area contributed by atoms with E-state index in [1.165, 1.54) is 6.07 Å². The highest BCUT2D eigenvalue weighted by molar-refractivity contribution is 9.10. The fourth-order valence-corrected chi connectivity index (χ4v) is 4.41. The van der Waals surface area contributed by atoms with Gasteiger partial charge >= 0.3 is 0 Å². The molecule has 3 heterocycles. The largest absolute Gasteiger partial charge is 0.451 e. The van der Waals surface area contributed by atoms with Crippen molar-refractivity contribution in [3.63, 3.8) is 0 Å². The molecule has 0 bridgehead atoms. The van der Waals surface area contributed by atoms with E-state index in [2.05, 4.69) is 36.0 Å². The van der Waals surface area contributed by atoms with Gasteiger partial charge in [-0.15, -0.1) is 10.2 Å². The molecule has 158 valence electrons. The summed E-state index contributed by atoms with van der Waals surface area (Å²) in [6.45, 7) is 2.65. The number of halogens is 2. The molecular formula is C23H20BrFN4O2. The minimum absolute atomic E-state index is 0.0782. The van der Waals surface area contributed by atoms with Crippen LogP contribution in [0, 0.1) is 12.7 Å². The van der Waals surface area contributed by atoms with Crippen LogP contribution in [0.5, 0.6) is 0 Å². The van der Waals surface area contributed by atoms with Crippen molar-refractivity contribution in [2.24, 2.45) is 0 Å². The molecule has 5 rings (SSSR count). The maximum absolute atomic E-state index is 14.6. The molecule has 2 aromatic carbocycles. The van der Waals surface area contributed by atoms with Gasteiger partial charge in [0.05, 0.1) is 5.69 Å². The Morgan fingerprint density at radius 1 is 1.16 bits per heavy atom. The second-order valence-electron chi connectivity index (χ2n) is 7.75. The summed E-state index contributed by atoms with van der Waals surface area (Å²) in [5.41, 5.74) is 2.09. The first-order valence-corrected chi connectivity index (χ1v) is 11.0. The van der Waals surface area contributed by atoms with E-state index in [4.69, 9.17) is 4.42 Å². The molecule has 4 aromatic rings. The Kier molecular flexibility index (Phi) is 5.09. The molecule has 0 saturated heterocycles. The van der Waals surface area contributed by atoms with E-state index < -0.39 is 11.7 Å². The summed E-state index contributed by atoms with van der Waals surface area (Å²) in [4.78, 5) is 12.9. The minimum atomic E-state index is -0.524.